The van der Waals surface area contributed by atoms with Crippen molar-refractivity contribution >= 4 is 56.7 Å². The van der Waals surface area contributed by atoms with Gasteiger partial charge in [0.2, 0.25) is 0 Å². The molecule has 0 bridgehead atoms. The summed E-state index contributed by atoms with van der Waals surface area (Å²) in [7, 11) is 0. The average Bonchev–Trinajstić information content (AvgIpc) is 3.73. The van der Waals surface area contributed by atoms with E-state index in [-0.39, 0.29) is 6.17 Å². The fraction of sp³-hybridized carbons (Fsp3) is 0.0426. The highest BCUT2D eigenvalue weighted by Gasteiger charge is 2.22. The average molecular weight is 658 g/mol. The minimum atomic E-state index is -0.216. The van der Waals surface area contributed by atoms with Crippen molar-refractivity contribution in [3.8, 4) is 27.9 Å². The van der Waals surface area contributed by atoms with Crippen molar-refractivity contribution in [1.82, 2.24) is 9.88 Å². The maximum Gasteiger partial charge on any atom is 0.145 e. The van der Waals surface area contributed by atoms with Gasteiger partial charge in [0.25, 0.3) is 0 Å². The summed E-state index contributed by atoms with van der Waals surface area (Å²) in [5.74, 6) is 0.821. The standard InChI is InChI=1S/C47H35N3O/c1-3-12-44-39(4-2)40-25-26-42-45(46(40)51-44)41-24-23-36(28-43(41)50(42)38-17-9-6-10-18-38)47-48-29-37(30-49-47)35-16-11-15-34(27-35)33-21-19-32(20-22-33)31-13-7-5-8-14-31/h3-30,47-48H,2H2,1H3/b12-3-. The lowest BCUT2D eigenvalue weighted by Crippen LogP contribution is -2.18. The molecule has 4 nitrogen and oxygen atoms in total. The van der Waals surface area contributed by atoms with Crippen molar-refractivity contribution < 1.29 is 4.42 Å². The van der Waals surface area contributed by atoms with Gasteiger partial charge in [-0.1, -0.05) is 122 Å². The van der Waals surface area contributed by atoms with Gasteiger partial charge in [0.15, 0.2) is 0 Å². The lowest BCUT2D eigenvalue weighted by Gasteiger charge is -2.19. The lowest BCUT2D eigenvalue weighted by atomic mass is 9.97. The van der Waals surface area contributed by atoms with Crippen molar-refractivity contribution in [1.29, 1.82) is 0 Å². The number of allylic oxidation sites excluding steroid dienone is 2. The summed E-state index contributed by atoms with van der Waals surface area (Å²) in [6, 6.07) is 49.4. The molecule has 1 atom stereocenters. The van der Waals surface area contributed by atoms with Gasteiger partial charge >= 0.3 is 0 Å². The van der Waals surface area contributed by atoms with Crippen LogP contribution in [0.4, 0.5) is 0 Å². The van der Waals surface area contributed by atoms with E-state index in [1.54, 1.807) is 0 Å². The molecule has 9 rings (SSSR count). The number of aromatic nitrogens is 1. The van der Waals surface area contributed by atoms with Crippen molar-refractivity contribution in [2.75, 3.05) is 0 Å². The van der Waals surface area contributed by atoms with Gasteiger partial charge in [-0.3, -0.25) is 4.99 Å². The number of nitrogens with zero attached hydrogens (tertiary/aromatic N) is 2. The van der Waals surface area contributed by atoms with E-state index in [4.69, 9.17) is 9.41 Å². The van der Waals surface area contributed by atoms with Gasteiger partial charge in [-0.05, 0) is 82.8 Å². The minimum Gasteiger partial charge on any atom is -0.455 e. The molecule has 6 aromatic carbocycles. The molecule has 1 N–H and O–H groups in total. The summed E-state index contributed by atoms with van der Waals surface area (Å²) in [6.07, 6.45) is 9.74. The Morgan fingerprint density at radius 3 is 2.10 bits per heavy atom. The second-order valence-electron chi connectivity index (χ2n) is 12.8. The fourth-order valence-corrected chi connectivity index (χ4v) is 7.33. The molecule has 1 aliphatic heterocycles. The van der Waals surface area contributed by atoms with Crippen LogP contribution >= 0.6 is 0 Å². The van der Waals surface area contributed by atoms with Gasteiger partial charge in [-0.2, -0.15) is 0 Å². The molecular formula is C47H35N3O. The molecule has 0 aliphatic carbocycles. The number of fused-ring (bicyclic) bond motifs is 5. The number of furan rings is 1. The first kappa shape index (κ1) is 30.4. The highest BCUT2D eigenvalue weighted by Crippen LogP contribution is 2.41. The van der Waals surface area contributed by atoms with Crippen molar-refractivity contribution in [3.05, 3.63) is 181 Å². The van der Waals surface area contributed by atoms with Gasteiger partial charge in [-0.25, -0.2) is 0 Å². The van der Waals surface area contributed by atoms with Gasteiger partial charge in [0.1, 0.15) is 17.5 Å². The first-order chi connectivity index (χ1) is 25.2. The summed E-state index contributed by atoms with van der Waals surface area (Å²) in [4.78, 5) is 5.01. The summed E-state index contributed by atoms with van der Waals surface area (Å²) in [6.45, 7) is 6.09. The van der Waals surface area contributed by atoms with Crippen LogP contribution in [0.3, 0.4) is 0 Å². The van der Waals surface area contributed by atoms with Gasteiger partial charge in [0, 0.05) is 40.0 Å². The van der Waals surface area contributed by atoms with E-state index in [0.29, 0.717) is 0 Å². The Morgan fingerprint density at radius 2 is 1.37 bits per heavy atom. The van der Waals surface area contributed by atoms with Gasteiger partial charge in [-0.15, -0.1) is 0 Å². The Hall–Kier alpha value is -6.65. The maximum atomic E-state index is 6.55. The summed E-state index contributed by atoms with van der Waals surface area (Å²) < 4.78 is 8.87. The number of para-hydroxylation sites is 1. The van der Waals surface area contributed by atoms with Crippen molar-refractivity contribution in [2.45, 2.75) is 13.1 Å². The Kier molecular flexibility index (Phi) is 7.55. The number of hydrogen-bond donors (Lipinski definition) is 1. The topological polar surface area (TPSA) is 42.5 Å². The Labute approximate surface area is 297 Å². The number of aliphatic imine (C=N–C) groups is 1. The van der Waals surface area contributed by atoms with Crippen LogP contribution in [0.25, 0.3) is 78.4 Å². The molecule has 4 heteroatoms. The van der Waals surface area contributed by atoms with Crippen LogP contribution in [-0.4, -0.2) is 10.8 Å². The molecule has 1 aliphatic rings. The zero-order valence-corrected chi connectivity index (χ0v) is 28.3. The van der Waals surface area contributed by atoms with Gasteiger partial charge < -0.3 is 14.3 Å². The molecule has 0 fully saturated rings. The number of benzene rings is 6. The third-order valence-corrected chi connectivity index (χ3v) is 9.81. The van der Waals surface area contributed by atoms with Crippen LogP contribution < -0.4 is 5.32 Å². The summed E-state index contributed by atoms with van der Waals surface area (Å²) in [5.41, 5.74) is 13.2. The molecule has 0 saturated carbocycles. The summed E-state index contributed by atoms with van der Waals surface area (Å²) in [5, 5.41) is 6.86. The van der Waals surface area contributed by atoms with Gasteiger partial charge in [0.05, 0.1) is 16.4 Å². The van der Waals surface area contributed by atoms with Crippen LogP contribution in [0.1, 0.15) is 35.5 Å². The van der Waals surface area contributed by atoms with E-state index in [1.165, 1.54) is 22.3 Å². The molecule has 1 unspecified atom stereocenters. The smallest absolute Gasteiger partial charge is 0.145 e. The largest absolute Gasteiger partial charge is 0.455 e. The van der Waals surface area contributed by atoms with Crippen LogP contribution in [0.5, 0.6) is 0 Å². The van der Waals surface area contributed by atoms with Crippen LogP contribution in [0.2, 0.25) is 0 Å². The van der Waals surface area contributed by atoms with E-state index < -0.39 is 0 Å². The molecule has 0 amide bonds. The van der Waals surface area contributed by atoms with E-state index in [0.717, 1.165) is 66.5 Å². The van der Waals surface area contributed by atoms with Crippen LogP contribution in [0.15, 0.2) is 168 Å². The fourth-order valence-electron chi connectivity index (χ4n) is 7.33. The summed E-state index contributed by atoms with van der Waals surface area (Å²) >= 11 is 0. The SMILES string of the molecule is C=Cc1c(/C=C\C)oc2c1ccc1c2c2ccc(C3N=CC(c4cccc(-c5ccc(-c6ccccc6)cc5)c4)=CN3)cc2n1-c1ccccc1. The predicted molar refractivity (Wildman–Crippen MR) is 215 cm³/mol. The molecule has 0 saturated heterocycles. The quantitative estimate of drug-likeness (QED) is 0.185. The second kappa shape index (κ2) is 12.7. The molecule has 51 heavy (non-hydrogen) atoms. The molecule has 0 spiro atoms. The molecule has 8 aromatic rings. The third kappa shape index (κ3) is 5.29. The van der Waals surface area contributed by atoms with E-state index >= 15 is 0 Å². The first-order valence-corrected chi connectivity index (χ1v) is 17.3. The van der Waals surface area contributed by atoms with E-state index in [2.05, 4.69) is 156 Å². The highest BCUT2D eigenvalue weighted by molar-refractivity contribution is 6.21. The van der Waals surface area contributed by atoms with E-state index in [1.807, 2.05) is 37.4 Å². The Bertz CT molecular complexity index is 2670. The normalized spacial score (nSPS) is 14.4. The molecule has 3 heterocycles. The molecular weight excluding hydrogens is 623 g/mol. The minimum absolute atomic E-state index is 0.216. The second-order valence-corrected chi connectivity index (χ2v) is 12.8. The Morgan fingerprint density at radius 1 is 0.686 bits per heavy atom. The highest BCUT2D eigenvalue weighted by atomic mass is 16.3. The maximum absolute atomic E-state index is 6.55. The molecule has 244 valence electrons. The monoisotopic (exact) mass is 657 g/mol. The lowest BCUT2D eigenvalue weighted by molar-refractivity contribution is 0.606. The molecule has 2 aromatic heterocycles. The van der Waals surface area contributed by atoms with E-state index in [9.17, 15) is 0 Å². The zero-order chi connectivity index (χ0) is 34.3. The number of rotatable bonds is 7. The number of hydrogen-bond acceptors (Lipinski definition) is 3. The van der Waals surface area contributed by atoms with Crippen molar-refractivity contribution in [2.24, 2.45) is 4.99 Å². The third-order valence-electron chi connectivity index (χ3n) is 9.81. The Balaban J connectivity index is 1.06. The molecule has 0 radical (unpaired) electrons. The van der Waals surface area contributed by atoms with Crippen LogP contribution in [-0.2, 0) is 0 Å². The first-order valence-electron chi connectivity index (χ1n) is 17.3. The van der Waals surface area contributed by atoms with Crippen LogP contribution in [0, 0.1) is 0 Å². The zero-order valence-electron chi connectivity index (χ0n) is 28.3. The predicted octanol–water partition coefficient (Wildman–Crippen LogP) is 12.3. The number of nitrogens with one attached hydrogen (secondary N) is 1. The van der Waals surface area contributed by atoms with Crippen molar-refractivity contribution in [3.63, 3.8) is 0 Å².